The zero-order valence-corrected chi connectivity index (χ0v) is 10.9. The Bertz CT molecular complexity index is 1010. The number of aromatic amines is 2. The van der Waals surface area contributed by atoms with Crippen LogP contribution >= 0.6 is 0 Å². The average molecular weight is 286 g/mol. The van der Waals surface area contributed by atoms with E-state index in [1.807, 2.05) is 0 Å². The van der Waals surface area contributed by atoms with Gasteiger partial charge in [-0.15, -0.1) is 0 Å². The second-order valence-electron chi connectivity index (χ2n) is 4.32. The van der Waals surface area contributed by atoms with E-state index in [4.69, 9.17) is 4.42 Å². The van der Waals surface area contributed by atoms with E-state index in [0.717, 1.165) is 4.57 Å². The number of H-pyrrole nitrogens is 2. The van der Waals surface area contributed by atoms with Crippen LogP contribution in [0.5, 0.6) is 0 Å². The van der Waals surface area contributed by atoms with E-state index < -0.39 is 16.8 Å². The summed E-state index contributed by atoms with van der Waals surface area (Å²) in [6.07, 6.45) is 4.49. The van der Waals surface area contributed by atoms with Crippen LogP contribution in [0.15, 0.2) is 37.2 Å². The molecule has 21 heavy (non-hydrogen) atoms. The molecule has 0 saturated heterocycles. The second kappa shape index (κ2) is 4.75. The number of hydrogen-bond acceptors (Lipinski definition) is 5. The van der Waals surface area contributed by atoms with Gasteiger partial charge in [0, 0.05) is 7.05 Å². The highest BCUT2D eigenvalue weighted by molar-refractivity contribution is 5.72. The third-order valence-corrected chi connectivity index (χ3v) is 2.95. The van der Waals surface area contributed by atoms with Crippen LogP contribution in [0.25, 0.3) is 23.3 Å². The standard InChI is InChI=1S/C13H10N4O4/c1-17-10-9(12(19)16-13(17)20)14-8(11(18)15-10)5-4-7-3-2-6-21-7/h2-6H,1H3,(H,15,18)(H,16,19,20). The molecule has 0 bridgehead atoms. The third kappa shape index (κ3) is 2.22. The van der Waals surface area contributed by atoms with Crippen molar-refractivity contribution in [2.75, 3.05) is 0 Å². The molecule has 3 rings (SSSR count). The van der Waals surface area contributed by atoms with Gasteiger partial charge in [-0.1, -0.05) is 0 Å². The Hall–Kier alpha value is -3.16. The Balaban J connectivity index is 2.22. The first-order valence-corrected chi connectivity index (χ1v) is 6.01. The normalized spacial score (nSPS) is 11.5. The molecule has 0 aliphatic heterocycles. The number of rotatable bonds is 2. The largest absolute Gasteiger partial charge is 0.465 e. The fourth-order valence-corrected chi connectivity index (χ4v) is 1.86. The lowest BCUT2D eigenvalue weighted by atomic mass is 10.3. The fourth-order valence-electron chi connectivity index (χ4n) is 1.86. The third-order valence-electron chi connectivity index (χ3n) is 2.95. The van der Waals surface area contributed by atoms with E-state index in [9.17, 15) is 14.4 Å². The Morgan fingerprint density at radius 3 is 2.71 bits per heavy atom. The molecule has 106 valence electrons. The van der Waals surface area contributed by atoms with Gasteiger partial charge in [-0.2, -0.15) is 0 Å². The molecule has 8 heteroatoms. The molecule has 0 aromatic carbocycles. The monoisotopic (exact) mass is 286 g/mol. The summed E-state index contributed by atoms with van der Waals surface area (Å²) >= 11 is 0. The van der Waals surface area contributed by atoms with Gasteiger partial charge < -0.3 is 9.40 Å². The Kier molecular flexibility index (Phi) is 2.90. The summed E-state index contributed by atoms with van der Waals surface area (Å²) in [6.45, 7) is 0. The molecule has 0 spiro atoms. The molecule has 0 amide bonds. The average Bonchev–Trinajstić information content (AvgIpc) is 2.96. The molecule has 3 aromatic rings. The SMILES string of the molecule is Cn1c(=O)[nH]c(=O)c2nc(C=Cc3ccco3)c(=O)[nH]c21. The summed E-state index contributed by atoms with van der Waals surface area (Å²) in [4.78, 5) is 43.8. The van der Waals surface area contributed by atoms with Gasteiger partial charge in [0.25, 0.3) is 11.1 Å². The van der Waals surface area contributed by atoms with Gasteiger partial charge in [0.05, 0.1) is 6.26 Å². The number of fused-ring (bicyclic) bond motifs is 1. The van der Waals surface area contributed by atoms with Crippen molar-refractivity contribution >= 4 is 23.3 Å². The summed E-state index contributed by atoms with van der Waals surface area (Å²) in [5, 5.41) is 0. The van der Waals surface area contributed by atoms with Crippen LogP contribution in [-0.2, 0) is 7.05 Å². The van der Waals surface area contributed by atoms with Crippen LogP contribution in [-0.4, -0.2) is 19.5 Å². The number of furan rings is 1. The maximum absolute atomic E-state index is 11.9. The van der Waals surface area contributed by atoms with Gasteiger partial charge in [-0.25, -0.2) is 9.78 Å². The van der Waals surface area contributed by atoms with Gasteiger partial charge in [-0.05, 0) is 24.3 Å². The minimum absolute atomic E-state index is 0.0178. The molecule has 0 unspecified atom stereocenters. The van der Waals surface area contributed by atoms with Crippen molar-refractivity contribution in [2.45, 2.75) is 0 Å². The molecule has 0 radical (unpaired) electrons. The van der Waals surface area contributed by atoms with Crippen LogP contribution in [0, 0.1) is 0 Å². The first-order valence-electron chi connectivity index (χ1n) is 6.01. The zero-order valence-electron chi connectivity index (χ0n) is 10.9. The highest BCUT2D eigenvalue weighted by Gasteiger charge is 2.09. The van der Waals surface area contributed by atoms with Gasteiger partial charge in [0.1, 0.15) is 17.1 Å². The molecular formula is C13H10N4O4. The van der Waals surface area contributed by atoms with E-state index in [0.29, 0.717) is 5.76 Å². The highest BCUT2D eigenvalue weighted by Crippen LogP contribution is 2.05. The summed E-state index contributed by atoms with van der Waals surface area (Å²) in [5.41, 5.74) is -1.69. The summed E-state index contributed by atoms with van der Waals surface area (Å²) in [5.74, 6) is 0.547. The smallest absolute Gasteiger partial charge is 0.329 e. The molecule has 2 N–H and O–H groups in total. The Morgan fingerprint density at radius 1 is 1.19 bits per heavy atom. The minimum atomic E-state index is -0.656. The van der Waals surface area contributed by atoms with Crippen molar-refractivity contribution in [3.8, 4) is 0 Å². The van der Waals surface area contributed by atoms with Crippen molar-refractivity contribution in [1.82, 2.24) is 19.5 Å². The Morgan fingerprint density at radius 2 is 2.00 bits per heavy atom. The number of aromatic nitrogens is 4. The molecule has 3 heterocycles. The molecular weight excluding hydrogens is 276 g/mol. The van der Waals surface area contributed by atoms with E-state index in [1.165, 1.54) is 19.4 Å². The summed E-state index contributed by atoms with van der Waals surface area (Å²) in [7, 11) is 1.43. The molecule has 8 nitrogen and oxygen atoms in total. The van der Waals surface area contributed by atoms with E-state index in [2.05, 4.69) is 15.0 Å². The quantitative estimate of drug-likeness (QED) is 0.692. The molecule has 0 aliphatic carbocycles. The first-order chi connectivity index (χ1) is 10.1. The maximum Gasteiger partial charge on any atom is 0.329 e. The van der Waals surface area contributed by atoms with Gasteiger partial charge in [0.2, 0.25) is 0 Å². The lowest BCUT2D eigenvalue weighted by Gasteiger charge is -2.02. The van der Waals surface area contributed by atoms with Crippen LogP contribution in [0.3, 0.4) is 0 Å². The molecule has 0 atom stereocenters. The highest BCUT2D eigenvalue weighted by atomic mass is 16.3. The molecule has 0 fully saturated rings. The summed E-state index contributed by atoms with van der Waals surface area (Å²) in [6, 6.07) is 3.42. The maximum atomic E-state index is 11.9. The van der Waals surface area contributed by atoms with Crippen molar-refractivity contribution in [1.29, 1.82) is 0 Å². The topological polar surface area (TPSA) is 114 Å². The Labute approximate surface area is 116 Å². The predicted molar refractivity (Wildman–Crippen MR) is 75.9 cm³/mol. The van der Waals surface area contributed by atoms with E-state index in [1.54, 1.807) is 18.2 Å². The first kappa shape index (κ1) is 12.9. The lowest BCUT2D eigenvalue weighted by Crippen LogP contribution is -2.31. The fraction of sp³-hybridized carbons (Fsp3) is 0.0769. The van der Waals surface area contributed by atoms with Crippen LogP contribution < -0.4 is 16.8 Å². The van der Waals surface area contributed by atoms with Gasteiger partial charge in [-0.3, -0.25) is 19.1 Å². The molecule has 3 aromatic heterocycles. The van der Waals surface area contributed by atoms with Crippen molar-refractivity contribution in [2.24, 2.45) is 7.05 Å². The zero-order chi connectivity index (χ0) is 15.0. The van der Waals surface area contributed by atoms with Gasteiger partial charge >= 0.3 is 5.69 Å². The van der Waals surface area contributed by atoms with Crippen molar-refractivity contribution < 1.29 is 4.42 Å². The van der Waals surface area contributed by atoms with Crippen molar-refractivity contribution in [3.05, 3.63) is 61.0 Å². The van der Waals surface area contributed by atoms with Crippen molar-refractivity contribution in [3.63, 3.8) is 0 Å². The van der Waals surface area contributed by atoms with E-state index in [-0.39, 0.29) is 16.9 Å². The van der Waals surface area contributed by atoms with E-state index >= 15 is 0 Å². The van der Waals surface area contributed by atoms with Crippen LogP contribution in [0.4, 0.5) is 0 Å². The predicted octanol–water partition coefficient (Wildman–Crippen LogP) is 0.0735. The lowest BCUT2D eigenvalue weighted by molar-refractivity contribution is 0.557. The minimum Gasteiger partial charge on any atom is -0.465 e. The number of aryl methyl sites for hydroxylation is 1. The summed E-state index contributed by atoms with van der Waals surface area (Å²) < 4.78 is 6.22. The number of hydrogen-bond donors (Lipinski definition) is 2. The van der Waals surface area contributed by atoms with Crippen LogP contribution in [0.1, 0.15) is 11.5 Å². The van der Waals surface area contributed by atoms with Gasteiger partial charge in [0.15, 0.2) is 5.52 Å². The number of nitrogens with one attached hydrogen (secondary N) is 2. The number of nitrogens with zero attached hydrogens (tertiary/aromatic N) is 2. The molecule has 0 aliphatic rings. The molecule has 0 saturated carbocycles. The van der Waals surface area contributed by atoms with Crippen LogP contribution in [0.2, 0.25) is 0 Å². The second-order valence-corrected chi connectivity index (χ2v) is 4.32.